The van der Waals surface area contributed by atoms with Crippen LogP contribution in [0.2, 0.25) is 0 Å². The van der Waals surface area contributed by atoms with Gasteiger partial charge in [-0.25, -0.2) is 0 Å². The van der Waals surface area contributed by atoms with Gasteiger partial charge in [-0.05, 0) is 45.2 Å². The fourth-order valence-corrected chi connectivity index (χ4v) is 3.48. The van der Waals surface area contributed by atoms with Crippen LogP contribution in [0.3, 0.4) is 0 Å². The quantitative estimate of drug-likeness (QED) is 0.870. The summed E-state index contributed by atoms with van der Waals surface area (Å²) in [5, 5.41) is 3.07. The molecule has 1 amide bonds. The topological polar surface area (TPSA) is 38.3 Å². The second kappa shape index (κ2) is 7.06. The zero-order valence-corrected chi connectivity index (χ0v) is 12.6. The molecule has 1 fully saturated rings. The highest BCUT2D eigenvalue weighted by Crippen LogP contribution is 2.18. The third kappa shape index (κ3) is 4.96. The number of carbonyl (C=O) groups excluding carboxylic acids is 1. The van der Waals surface area contributed by atoms with Gasteiger partial charge in [0.05, 0.1) is 6.10 Å². The summed E-state index contributed by atoms with van der Waals surface area (Å²) >= 11 is 1.81. The van der Waals surface area contributed by atoms with Crippen molar-refractivity contribution in [3.05, 3.63) is 21.9 Å². The molecular weight excluding hydrogens is 258 g/mol. The Morgan fingerprint density at radius 1 is 1.58 bits per heavy atom. The number of carbonyl (C=O) groups is 1. The smallest absolute Gasteiger partial charge is 0.220 e. The Bertz CT molecular complexity index is 410. The molecule has 0 radical (unpaired) electrons. The van der Waals surface area contributed by atoms with Crippen LogP contribution in [0.15, 0.2) is 12.1 Å². The molecule has 2 atom stereocenters. The highest BCUT2D eigenvalue weighted by Gasteiger charge is 2.17. The van der Waals surface area contributed by atoms with E-state index in [2.05, 4.69) is 31.3 Å². The van der Waals surface area contributed by atoms with E-state index < -0.39 is 0 Å². The zero-order valence-electron chi connectivity index (χ0n) is 11.8. The van der Waals surface area contributed by atoms with Gasteiger partial charge >= 0.3 is 0 Å². The van der Waals surface area contributed by atoms with Crippen molar-refractivity contribution in [2.45, 2.75) is 58.1 Å². The molecule has 1 aromatic heterocycles. The second-order valence-electron chi connectivity index (χ2n) is 5.36. The van der Waals surface area contributed by atoms with Gasteiger partial charge in [0.25, 0.3) is 0 Å². The van der Waals surface area contributed by atoms with Gasteiger partial charge in [0, 0.05) is 35.2 Å². The van der Waals surface area contributed by atoms with Gasteiger partial charge in [-0.1, -0.05) is 0 Å². The molecule has 2 heterocycles. The number of thiophene rings is 1. The first-order chi connectivity index (χ1) is 9.13. The highest BCUT2D eigenvalue weighted by molar-refractivity contribution is 7.11. The van der Waals surface area contributed by atoms with Crippen molar-refractivity contribution < 1.29 is 9.53 Å². The number of amides is 1. The van der Waals surface area contributed by atoms with Crippen LogP contribution >= 0.6 is 11.3 Å². The van der Waals surface area contributed by atoms with Crippen LogP contribution < -0.4 is 5.32 Å². The lowest BCUT2D eigenvalue weighted by Crippen LogP contribution is -2.34. The maximum absolute atomic E-state index is 11.8. The van der Waals surface area contributed by atoms with Gasteiger partial charge in [0.1, 0.15) is 0 Å². The summed E-state index contributed by atoms with van der Waals surface area (Å²) in [7, 11) is 0. The van der Waals surface area contributed by atoms with Crippen LogP contribution in [-0.4, -0.2) is 24.7 Å². The lowest BCUT2D eigenvalue weighted by Gasteiger charge is -2.14. The molecule has 1 saturated heterocycles. The first-order valence-electron chi connectivity index (χ1n) is 7.10. The van der Waals surface area contributed by atoms with Crippen molar-refractivity contribution in [1.29, 1.82) is 0 Å². The van der Waals surface area contributed by atoms with E-state index >= 15 is 0 Å². The molecule has 106 valence electrons. The maximum atomic E-state index is 11.8. The Morgan fingerprint density at radius 3 is 3.05 bits per heavy atom. The third-order valence-electron chi connectivity index (χ3n) is 3.43. The summed E-state index contributed by atoms with van der Waals surface area (Å²) in [5.74, 6) is 0.149. The average Bonchev–Trinajstić information content (AvgIpc) is 2.98. The van der Waals surface area contributed by atoms with Crippen molar-refractivity contribution in [3.8, 4) is 0 Å². The highest BCUT2D eigenvalue weighted by atomic mass is 32.1. The van der Waals surface area contributed by atoms with E-state index in [0.717, 1.165) is 32.3 Å². The van der Waals surface area contributed by atoms with E-state index in [1.165, 1.54) is 9.75 Å². The van der Waals surface area contributed by atoms with Gasteiger partial charge < -0.3 is 10.1 Å². The molecule has 0 saturated carbocycles. The third-order valence-corrected chi connectivity index (χ3v) is 4.45. The van der Waals surface area contributed by atoms with E-state index in [1.54, 1.807) is 11.3 Å². The zero-order chi connectivity index (χ0) is 13.7. The van der Waals surface area contributed by atoms with Crippen molar-refractivity contribution in [3.63, 3.8) is 0 Å². The number of ether oxygens (including phenoxy) is 1. The van der Waals surface area contributed by atoms with E-state index in [0.29, 0.717) is 12.5 Å². The predicted molar refractivity (Wildman–Crippen MR) is 78.6 cm³/mol. The van der Waals surface area contributed by atoms with Crippen LogP contribution in [0.25, 0.3) is 0 Å². The number of hydrogen-bond donors (Lipinski definition) is 1. The van der Waals surface area contributed by atoms with E-state index in [-0.39, 0.29) is 11.9 Å². The van der Waals surface area contributed by atoms with E-state index in [4.69, 9.17) is 4.74 Å². The summed E-state index contributed by atoms with van der Waals surface area (Å²) in [6, 6.07) is 4.48. The largest absolute Gasteiger partial charge is 0.378 e. The van der Waals surface area contributed by atoms with Crippen molar-refractivity contribution in [2.24, 2.45) is 0 Å². The van der Waals surface area contributed by atoms with Crippen molar-refractivity contribution in [1.82, 2.24) is 5.32 Å². The Kier molecular flexibility index (Phi) is 5.40. The summed E-state index contributed by atoms with van der Waals surface area (Å²) in [6.45, 7) is 5.04. The summed E-state index contributed by atoms with van der Waals surface area (Å²) < 4.78 is 5.53. The summed E-state index contributed by atoms with van der Waals surface area (Å²) in [4.78, 5) is 14.5. The van der Waals surface area contributed by atoms with Gasteiger partial charge in [-0.3, -0.25) is 4.79 Å². The number of aryl methyl sites for hydroxylation is 1. The van der Waals surface area contributed by atoms with Gasteiger partial charge in [-0.2, -0.15) is 0 Å². The van der Waals surface area contributed by atoms with Crippen LogP contribution in [0, 0.1) is 6.92 Å². The fourth-order valence-electron chi connectivity index (χ4n) is 2.46. The molecule has 19 heavy (non-hydrogen) atoms. The monoisotopic (exact) mass is 281 g/mol. The van der Waals surface area contributed by atoms with Crippen LogP contribution in [0.5, 0.6) is 0 Å². The summed E-state index contributed by atoms with van der Waals surface area (Å²) in [5.41, 5.74) is 0. The van der Waals surface area contributed by atoms with Crippen LogP contribution in [0.1, 0.15) is 42.4 Å². The minimum Gasteiger partial charge on any atom is -0.378 e. The average molecular weight is 281 g/mol. The summed E-state index contributed by atoms with van der Waals surface area (Å²) in [6.07, 6.45) is 4.91. The Balaban J connectivity index is 1.66. The molecule has 0 bridgehead atoms. The minimum absolute atomic E-state index is 0.149. The number of nitrogens with one attached hydrogen (secondary N) is 1. The molecule has 1 aliphatic rings. The molecule has 3 nitrogen and oxygen atoms in total. The maximum Gasteiger partial charge on any atom is 0.220 e. The molecule has 2 rings (SSSR count). The standard InChI is InChI=1S/C15H23NO2S/c1-11(10-14-7-5-12(2)19-14)16-15(17)8-6-13-4-3-9-18-13/h5,7,11,13H,3-4,6,8-10H2,1-2H3,(H,16,17)/t11-,13+/m0/s1. The second-order valence-corrected chi connectivity index (χ2v) is 6.73. The normalized spacial score (nSPS) is 20.4. The lowest BCUT2D eigenvalue weighted by molar-refractivity contribution is -0.122. The molecular formula is C15H23NO2S. The van der Waals surface area contributed by atoms with Gasteiger partial charge in [0.2, 0.25) is 5.91 Å². The molecule has 4 heteroatoms. The molecule has 0 unspecified atom stereocenters. The first kappa shape index (κ1) is 14.5. The Labute approximate surface area is 119 Å². The van der Waals surface area contributed by atoms with Crippen molar-refractivity contribution >= 4 is 17.2 Å². The molecule has 0 spiro atoms. The molecule has 1 aliphatic heterocycles. The first-order valence-corrected chi connectivity index (χ1v) is 7.91. The molecule has 0 aromatic carbocycles. The SMILES string of the molecule is Cc1ccc(C[C@H](C)NC(=O)CC[C@H]2CCCO2)s1. The molecule has 1 N–H and O–H groups in total. The predicted octanol–water partition coefficient (Wildman–Crippen LogP) is 3.06. The Hall–Kier alpha value is -0.870. The number of hydrogen-bond acceptors (Lipinski definition) is 3. The minimum atomic E-state index is 0.149. The fraction of sp³-hybridized carbons (Fsp3) is 0.667. The number of rotatable bonds is 6. The molecule has 0 aliphatic carbocycles. The lowest BCUT2D eigenvalue weighted by atomic mass is 10.1. The van der Waals surface area contributed by atoms with E-state index in [1.807, 2.05) is 0 Å². The van der Waals surface area contributed by atoms with Crippen LogP contribution in [-0.2, 0) is 16.0 Å². The Morgan fingerprint density at radius 2 is 2.42 bits per heavy atom. The van der Waals surface area contributed by atoms with Crippen LogP contribution in [0.4, 0.5) is 0 Å². The van der Waals surface area contributed by atoms with Gasteiger partial charge in [0.15, 0.2) is 0 Å². The van der Waals surface area contributed by atoms with Gasteiger partial charge in [-0.15, -0.1) is 11.3 Å². The van der Waals surface area contributed by atoms with Crippen molar-refractivity contribution in [2.75, 3.05) is 6.61 Å². The van der Waals surface area contributed by atoms with E-state index in [9.17, 15) is 4.79 Å². The molecule has 1 aromatic rings.